The predicted octanol–water partition coefficient (Wildman–Crippen LogP) is 3.17. The first kappa shape index (κ1) is 24.2. The molecule has 2 aromatic carbocycles. The summed E-state index contributed by atoms with van der Waals surface area (Å²) in [6.45, 7) is 2.32. The number of carbonyl (C=O) groups excluding carboxylic acids is 2. The average Bonchev–Trinajstić information content (AvgIpc) is 3.14. The van der Waals surface area contributed by atoms with E-state index >= 15 is 0 Å². The summed E-state index contributed by atoms with van der Waals surface area (Å²) >= 11 is 0. The van der Waals surface area contributed by atoms with Crippen molar-refractivity contribution in [1.82, 2.24) is 20.3 Å². The Morgan fingerprint density at radius 3 is 2.64 bits per heavy atom. The molecule has 188 valence electrons. The lowest BCUT2D eigenvalue weighted by atomic mass is 9.72. The molecule has 1 saturated carbocycles. The molecule has 1 aliphatic carbocycles. The van der Waals surface area contributed by atoms with Crippen molar-refractivity contribution < 1.29 is 22.7 Å². The van der Waals surface area contributed by atoms with Gasteiger partial charge in [0.25, 0.3) is 5.91 Å². The van der Waals surface area contributed by atoms with Crippen molar-refractivity contribution in [1.29, 1.82) is 0 Å². The summed E-state index contributed by atoms with van der Waals surface area (Å²) in [5.41, 5.74) is 1.75. The van der Waals surface area contributed by atoms with Crippen LogP contribution in [0.3, 0.4) is 0 Å². The van der Waals surface area contributed by atoms with E-state index in [0.717, 1.165) is 35.0 Å². The molecule has 36 heavy (non-hydrogen) atoms. The Balaban J connectivity index is 1.25. The Kier molecular flexibility index (Phi) is 6.40. The lowest BCUT2D eigenvalue weighted by Crippen LogP contribution is -2.57. The first-order valence-corrected chi connectivity index (χ1v) is 13.5. The zero-order chi connectivity index (χ0) is 25.3. The van der Waals surface area contributed by atoms with E-state index < -0.39 is 21.6 Å². The van der Waals surface area contributed by atoms with Gasteiger partial charge in [0.05, 0.1) is 10.4 Å². The molecule has 1 aliphatic heterocycles. The van der Waals surface area contributed by atoms with E-state index in [4.69, 9.17) is 4.74 Å². The molecule has 10 heteroatoms. The molecule has 2 fully saturated rings. The van der Waals surface area contributed by atoms with E-state index in [1.807, 2.05) is 37.3 Å². The lowest BCUT2D eigenvalue weighted by Gasteiger charge is -2.38. The second-order valence-electron chi connectivity index (χ2n) is 9.37. The van der Waals surface area contributed by atoms with Crippen LogP contribution in [0.1, 0.15) is 36.9 Å². The Bertz CT molecular complexity index is 1420. The zero-order valence-electron chi connectivity index (χ0n) is 19.9. The minimum absolute atomic E-state index is 0.0583. The van der Waals surface area contributed by atoms with E-state index in [1.54, 1.807) is 12.1 Å². The number of benzene rings is 2. The standard InChI is InChI=1S/C26H28N4O5S/c1-17-14-18(22-7-2-3-8-23(22)28-17)16-35-20-9-11-21(12-10-20)36(33,34)27-15-19-6-4-5-13-26(19)24(31)29-25(32)30-26/h2-3,7-12,14,19,27H,4-6,13,15-16H2,1H3,(H2,29,30,31,32). The highest BCUT2D eigenvalue weighted by molar-refractivity contribution is 7.89. The van der Waals surface area contributed by atoms with E-state index in [1.165, 1.54) is 12.1 Å². The quantitative estimate of drug-likeness (QED) is 0.421. The molecule has 3 N–H and O–H groups in total. The predicted molar refractivity (Wildman–Crippen MR) is 134 cm³/mol. The van der Waals surface area contributed by atoms with E-state index in [0.29, 0.717) is 25.2 Å². The van der Waals surface area contributed by atoms with Gasteiger partial charge in [0.2, 0.25) is 10.0 Å². The molecular weight excluding hydrogens is 480 g/mol. The summed E-state index contributed by atoms with van der Waals surface area (Å²) in [6, 6.07) is 15.5. The van der Waals surface area contributed by atoms with E-state index in [-0.39, 0.29) is 23.3 Å². The third kappa shape index (κ3) is 4.66. The molecule has 2 unspecified atom stereocenters. The second-order valence-corrected chi connectivity index (χ2v) is 11.1. The highest BCUT2D eigenvalue weighted by Crippen LogP contribution is 2.36. The molecule has 2 atom stereocenters. The molecule has 5 rings (SSSR count). The summed E-state index contributed by atoms with van der Waals surface area (Å²) in [7, 11) is -3.81. The third-order valence-corrected chi connectivity index (χ3v) is 8.46. The van der Waals surface area contributed by atoms with Crippen molar-refractivity contribution >= 4 is 32.9 Å². The fraction of sp³-hybridized carbons (Fsp3) is 0.346. The van der Waals surface area contributed by atoms with Crippen LogP contribution in [-0.4, -0.2) is 37.4 Å². The fourth-order valence-electron chi connectivity index (χ4n) is 5.17. The fourth-order valence-corrected chi connectivity index (χ4v) is 6.26. The number of hydrogen-bond acceptors (Lipinski definition) is 6. The van der Waals surface area contributed by atoms with Crippen molar-refractivity contribution in [3.63, 3.8) is 0 Å². The van der Waals surface area contributed by atoms with Crippen LogP contribution in [0.5, 0.6) is 5.75 Å². The molecule has 3 aromatic rings. The Morgan fingerprint density at radius 1 is 1.11 bits per heavy atom. The molecule has 1 aromatic heterocycles. The van der Waals surface area contributed by atoms with Gasteiger partial charge in [0.15, 0.2) is 0 Å². The number of para-hydroxylation sites is 1. The lowest BCUT2D eigenvalue weighted by molar-refractivity contribution is -0.127. The summed E-state index contributed by atoms with van der Waals surface area (Å²) in [6.07, 6.45) is 2.81. The van der Waals surface area contributed by atoms with Crippen LogP contribution in [0, 0.1) is 12.8 Å². The van der Waals surface area contributed by atoms with Crippen LogP contribution in [0.4, 0.5) is 4.79 Å². The van der Waals surface area contributed by atoms with Gasteiger partial charge in [-0.05, 0) is 56.2 Å². The maximum atomic E-state index is 13.0. The van der Waals surface area contributed by atoms with Gasteiger partial charge in [-0.15, -0.1) is 0 Å². The van der Waals surface area contributed by atoms with Crippen LogP contribution in [0.25, 0.3) is 10.9 Å². The normalized spacial score (nSPS) is 22.0. The SMILES string of the molecule is Cc1cc(COc2ccc(S(=O)(=O)NCC3CCCCC34NC(=O)NC4=O)cc2)c2ccccc2n1. The van der Waals surface area contributed by atoms with Gasteiger partial charge in [-0.2, -0.15) is 0 Å². The highest BCUT2D eigenvalue weighted by atomic mass is 32.2. The number of hydrogen-bond donors (Lipinski definition) is 3. The number of amides is 3. The Morgan fingerprint density at radius 2 is 1.89 bits per heavy atom. The molecule has 9 nitrogen and oxygen atoms in total. The Labute approximate surface area is 209 Å². The molecule has 2 aliphatic rings. The summed E-state index contributed by atoms with van der Waals surface area (Å²) in [5.74, 6) is -0.159. The average molecular weight is 509 g/mol. The van der Waals surface area contributed by atoms with Crippen LogP contribution in [0.2, 0.25) is 0 Å². The van der Waals surface area contributed by atoms with Crippen LogP contribution >= 0.6 is 0 Å². The van der Waals surface area contributed by atoms with Crippen molar-refractivity contribution in [2.24, 2.45) is 5.92 Å². The topological polar surface area (TPSA) is 126 Å². The van der Waals surface area contributed by atoms with Gasteiger partial charge in [-0.1, -0.05) is 31.0 Å². The summed E-state index contributed by atoms with van der Waals surface area (Å²) in [4.78, 5) is 28.9. The van der Waals surface area contributed by atoms with E-state index in [2.05, 4.69) is 20.3 Å². The molecular formula is C26H28N4O5S. The number of urea groups is 1. The van der Waals surface area contributed by atoms with Gasteiger partial charge in [-0.25, -0.2) is 17.9 Å². The van der Waals surface area contributed by atoms with E-state index in [9.17, 15) is 18.0 Å². The Hall–Kier alpha value is -3.50. The van der Waals surface area contributed by atoms with Crippen LogP contribution in [-0.2, 0) is 21.4 Å². The van der Waals surface area contributed by atoms with Gasteiger partial charge in [-0.3, -0.25) is 15.1 Å². The first-order valence-electron chi connectivity index (χ1n) is 12.0. The summed E-state index contributed by atoms with van der Waals surface area (Å²) in [5, 5.41) is 6.05. The largest absolute Gasteiger partial charge is 0.489 e. The number of sulfonamides is 1. The summed E-state index contributed by atoms with van der Waals surface area (Å²) < 4.78 is 34.5. The minimum atomic E-state index is -3.81. The monoisotopic (exact) mass is 508 g/mol. The number of nitrogens with zero attached hydrogens (tertiary/aromatic N) is 1. The van der Waals surface area contributed by atoms with Crippen LogP contribution < -0.4 is 20.1 Å². The number of aromatic nitrogens is 1. The number of ether oxygens (including phenoxy) is 1. The van der Waals surface area contributed by atoms with Crippen molar-refractivity contribution in [2.45, 2.75) is 49.6 Å². The third-order valence-electron chi connectivity index (χ3n) is 7.02. The molecule has 1 saturated heterocycles. The van der Waals surface area contributed by atoms with Crippen molar-refractivity contribution in [3.05, 3.63) is 65.9 Å². The maximum Gasteiger partial charge on any atom is 0.322 e. The van der Waals surface area contributed by atoms with Gasteiger partial charge in [0, 0.05) is 29.1 Å². The number of pyridine rings is 1. The van der Waals surface area contributed by atoms with Gasteiger partial charge in [0.1, 0.15) is 17.9 Å². The number of aryl methyl sites for hydroxylation is 1. The number of fused-ring (bicyclic) bond motifs is 1. The minimum Gasteiger partial charge on any atom is -0.489 e. The van der Waals surface area contributed by atoms with Crippen molar-refractivity contribution in [3.8, 4) is 5.75 Å². The van der Waals surface area contributed by atoms with Crippen LogP contribution in [0.15, 0.2) is 59.5 Å². The van der Waals surface area contributed by atoms with Gasteiger partial charge >= 0.3 is 6.03 Å². The smallest absolute Gasteiger partial charge is 0.322 e. The molecule has 3 amide bonds. The molecule has 1 spiro atoms. The van der Waals surface area contributed by atoms with Crippen molar-refractivity contribution in [2.75, 3.05) is 6.54 Å². The highest BCUT2D eigenvalue weighted by Gasteiger charge is 2.52. The molecule has 0 bridgehead atoms. The molecule has 2 heterocycles. The molecule has 0 radical (unpaired) electrons. The number of nitrogens with one attached hydrogen (secondary N) is 3. The second kappa shape index (κ2) is 9.51. The van der Waals surface area contributed by atoms with Gasteiger partial charge < -0.3 is 10.1 Å². The number of rotatable bonds is 7. The first-order chi connectivity index (χ1) is 17.3. The maximum absolute atomic E-state index is 13.0. The number of imide groups is 1. The number of carbonyl (C=O) groups is 2. The zero-order valence-corrected chi connectivity index (χ0v) is 20.7.